The van der Waals surface area contributed by atoms with Gasteiger partial charge in [-0.2, -0.15) is 0 Å². The second-order valence-electron chi connectivity index (χ2n) is 4.09. The van der Waals surface area contributed by atoms with Gasteiger partial charge in [-0.25, -0.2) is 0 Å². The Morgan fingerprint density at radius 3 is 2.60 bits per heavy atom. The van der Waals surface area contributed by atoms with Gasteiger partial charge in [0.25, 0.3) is 0 Å². The average Bonchev–Trinajstić information content (AvgIpc) is 2.79. The van der Waals surface area contributed by atoms with Crippen LogP contribution >= 0.6 is 0 Å². The fourth-order valence-electron chi connectivity index (χ4n) is 1.70. The summed E-state index contributed by atoms with van der Waals surface area (Å²) in [5, 5.41) is 24.1. The van der Waals surface area contributed by atoms with E-state index in [2.05, 4.69) is 10.6 Å². The van der Waals surface area contributed by atoms with Gasteiger partial charge in [0.15, 0.2) is 0 Å². The van der Waals surface area contributed by atoms with Crippen molar-refractivity contribution in [2.45, 2.75) is 37.8 Å². The van der Waals surface area contributed by atoms with E-state index < -0.39 is 5.54 Å². The molecule has 1 aliphatic heterocycles. The van der Waals surface area contributed by atoms with Crippen LogP contribution in [0.5, 0.6) is 0 Å². The van der Waals surface area contributed by atoms with E-state index >= 15 is 0 Å². The van der Waals surface area contributed by atoms with E-state index in [0.29, 0.717) is 6.42 Å². The molecule has 0 radical (unpaired) electrons. The summed E-state index contributed by atoms with van der Waals surface area (Å²) in [6.07, 6.45) is 2.33. The monoisotopic (exact) mass is 216 g/mol. The maximum atomic E-state index is 11.7. The number of aliphatic hydroxyl groups is 2. The van der Waals surface area contributed by atoms with Gasteiger partial charge >= 0.3 is 0 Å². The minimum absolute atomic E-state index is 0.127. The van der Waals surface area contributed by atoms with Gasteiger partial charge < -0.3 is 20.8 Å². The first-order valence-electron chi connectivity index (χ1n) is 5.44. The molecule has 0 aromatic carbocycles. The summed E-state index contributed by atoms with van der Waals surface area (Å²) in [4.78, 5) is 11.7. The normalized spacial score (nSPS) is 21.7. The van der Waals surface area contributed by atoms with Gasteiger partial charge in [0.1, 0.15) is 0 Å². The standard InChI is InChI=1S/C10H20N2O3/c1-2-10(6-13,7-14)12-9(15)8-4-3-5-11-8/h8,11,13-14H,2-7H2,1H3,(H,12,15). The molecule has 1 atom stereocenters. The van der Waals surface area contributed by atoms with Crippen molar-refractivity contribution in [1.29, 1.82) is 0 Å². The Hall–Kier alpha value is -0.650. The highest BCUT2D eigenvalue weighted by molar-refractivity contribution is 5.82. The van der Waals surface area contributed by atoms with Crippen LogP contribution < -0.4 is 10.6 Å². The van der Waals surface area contributed by atoms with Gasteiger partial charge in [0.2, 0.25) is 5.91 Å². The molecule has 1 aliphatic rings. The Bertz CT molecular complexity index is 202. The third-order valence-electron chi connectivity index (χ3n) is 3.05. The van der Waals surface area contributed by atoms with Crippen LogP contribution in [-0.4, -0.2) is 47.5 Å². The van der Waals surface area contributed by atoms with Crippen molar-refractivity contribution < 1.29 is 15.0 Å². The third-order valence-corrected chi connectivity index (χ3v) is 3.05. The summed E-state index contributed by atoms with van der Waals surface area (Å²) in [7, 11) is 0. The molecule has 0 aliphatic carbocycles. The van der Waals surface area contributed by atoms with E-state index in [0.717, 1.165) is 19.4 Å². The molecule has 0 aromatic rings. The molecule has 0 spiro atoms. The van der Waals surface area contributed by atoms with Gasteiger partial charge in [-0.1, -0.05) is 6.92 Å². The number of hydrogen-bond donors (Lipinski definition) is 4. The number of carbonyl (C=O) groups excluding carboxylic acids is 1. The Labute approximate surface area is 89.9 Å². The van der Waals surface area contributed by atoms with Crippen molar-refractivity contribution in [3.63, 3.8) is 0 Å². The first-order valence-corrected chi connectivity index (χ1v) is 5.44. The lowest BCUT2D eigenvalue weighted by atomic mass is 9.97. The van der Waals surface area contributed by atoms with Gasteiger partial charge in [0.05, 0.1) is 24.8 Å². The molecule has 1 heterocycles. The molecule has 0 saturated carbocycles. The van der Waals surface area contributed by atoms with Crippen molar-refractivity contribution >= 4 is 5.91 Å². The highest BCUT2D eigenvalue weighted by Crippen LogP contribution is 2.11. The summed E-state index contributed by atoms with van der Waals surface area (Å²) in [6, 6.07) is -0.172. The maximum absolute atomic E-state index is 11.7. The van der Waals surface area contributed by atoms with E-state index in [1.165, 1.54) is 0 Å². The molecule has 4 N–H and O–H groups in total. The van der Waals surface area contributed by atoms with Crippen LogP contribution in [0.25, 0.3) is 0 Å². The Balaban J connectivity index is 2.53. The van der Waals surface area contributed by atoms with E-state index in [1.54, 1.807) is 0 Å². The highest BCUT2D eigenvalue weighted by Gasteiger charge is 2.32. The zero-order valence-electron chi connectivity index (χ0n) is 9.12. The summed E-state index contributed by atoms with van der Waals surface area (Å²) >= 11 is 0. The minimum Gasteiger partial charge on any atom is -0.394 e. The highest BCUT2D eigenvalue weighted by atomic mass is 16.3. The number of aliphatic hydroxyl groups excluding tert-OH is 2. The Kier molecular flexibility index (Phi) is 4.50. The first-order chi connectivity index (χ1) is 7.17. The number of nitrogens with one attached hydrogen (secondary N) is 2. The lowest BCUT2D eigenvalue weighted by Gasteiger charge is -2.30. The second kappa shape index (κ2) is 5.44. The number of rotatable bonds is 5. The maximum Gasteiger partial charge on any atom is 0.237 e. The predicted molar refractivity (Wildman–Crippen MR) is 56.4 cm³/mol. The van der Waals surface area contributed by atoms with Crippen LogP contribution in [-0.2, 0) is 4.79 Å². The SMILES string of the molecule is CCC(CO)(CO)NC(=O)C1CCCN1. The molecule has 1 amide bonds. The topological polar surface area (TPSA) is 81.6 Å². The van der Waals surface area contributed by atoms with Gasteiger partial charge in [-0.05, 0) is 25.8 Å². The van der Waals surface area contributed by atoms with Crippen LogP contribution in [0.1, 0.15) is 26.2 Å². The average molecular weight is 216 g/mol. The van der Waals surface area contributed by atoms with Gasteiger partial charge in [-0.15, -0.1) is 0 Å². The molecule has 0 bridgehead atoms. The molecule has 0 aromatic heterocycles. The van der Waals surface area contributed by atoms with Crippen molar-refractivity contribution in [2.75, 3.05) is 19.8 Å². The fraction of sp³-hybridized carbons (Fsp3) is 0.900. The lowest BCUT2D eigenvalue weighted by Crippen LogP contribution is -2.57. The van der Waals surface area contributed by atoms with Crippen molar-refractivity contribution in [2.24, 2.45) is 0 Å². The summed E-state index contributed by atoms with van der Waals surface area (Å²) < 4.78 is 0. The van der Waals surface area contributed by atoms with E-state index in [-0.39, 0.29) is 25.2 Å². The predicted octanol–water partition coefficient (Wildman–Crippen LogP) is -1.01. The minimum atomic E-state index is -0.874. The number of carbonyl (C=O) groups is 1. The number of hydrogen-bond acceptors (Lipinski definition) is 4. The van der Waals surface area contributed by atoms with Crippen molar-refractivity contribution in [3.8, 4) is 0 Å². The summed E-state index contributed by atoms with van der Waals surface area (Å²) in [5.41, 5.74) is -0.874. The zero-order valence-corrected chi connectivity index (χ0v) is 9.12. The third kappa shape index (κ3) is 2.90. The van der Waals surface area contributed by atoms with Crippen LogP contribution in [0, 0.1) is 0 Å². The largest absolute Gasteiger partial charge is 0.394 e. The van der Waals surface area contributed by atoms with E-state index in [1.807, 2.05) is 6.92 Å². The van der Waals surface area contributed by atoms with Crippen molar-refractivity contribution in [3.05, 3.63) is 0 Å². The van der Waals surface area contributed by atoms with Crippen LogP contribution in [0.2, 0.25) is 0 Å². The van der Waals surface area contributed by atoms with Crippen LogP contribution in [0.4, 0.5) is 0 Å². The Morgan fingerprint density at radius 1 is 1.53 bits per heavy atom. The van der Waals surface area contributed by atoms with Gasteiger partial charge in [0, 0.05) is 0 Å². The molecule has 1 unspecified atom stereocenters. The van der Waals surface area contributed by atoms with Crippen molar-refractivity contribution in [1.82, 2.24) is 10.6 Å². The molecule has 1 rings (SSSR count). The first kappa shape index (κ1) is 12.4. The summed E-state index contributed by atoms with van der Waals surface area (Å²) in [5.74, 6) is -0.127. The lowest BCUT2D eigenvalue weighted by molar-refractivity contribution is -0.126. The fourth-order valence-corrected chi connectivity index (χ4v) is 1.70. The zero-order chi connectivity index (χ0) is 11.3. The molecule has 5 heteroatoms. The summed E-state index contributed by atoms with van der Waals surface area (Å²) in [6.45, 7) is 2.21. The van der Waals surface area contributed by atoms with Crippen LogP contribution in [0.3, 0.4) is 0 Å². The molecule has 5 nitrogen and oxygen atoms in total. The van der Waals surface area contributed by atoms with Crippen LogP contribution in [0.15, 0.2) is 0 Å². The van der Waals surface area contributed by atoms with E-state index in [4.69, 9.17) is 0 Å². The quantitative estimate of drug-likeness (QED) is 0.474. The van der Waals surface area contributed by atoms with Gasteiger partial charge in [-0.3, -0.25) is 4.79 Å². The molecule has 15 heavy (non-hydrogen) atoms. The molecular formula is C10H20N2O3. The molecule has 88 valence electrons. The second-order valence-corrected chi connectivity index (χ2v) is 4.09. The number of amides is 1. The molecule has 1 fully saturated rings. The van der Waals surface area contributed by atoms with E-state index in [9.17, 15) is 15.0 Å². The smallest absolute Gasteiger partial charge is 0.237 e. The molecule has 1 saturated heterocycles. The molecular weight excluding hydrogens is 196 g/mol. The Morgan fingerprint density at radius 2 is 2.20 bits per heavy atom.